The Morgan fingerprint density at radius 1 is 0.938 bits per heavy atom. The molecule has 0 atom stereocenters. The molecule has 0 bridgehead atoms. The molecule has 0 heterocycles. The smallest absolute Gasteiger partial charge is 0.0109 e. The molecule has 0 aliphatic carbocycles. The van der Waals surface area contributed by atoms with E-state index in [1.807, 2.05) is 0 Å². The van der Waals surface area contributed by atoms with E-state index in [1.165, 1.54) is 33.0 Å². The van der Waals surface area contributed by atoms with E-state index in [-0.39, 0.29) is 0 Å². The first-order chi connectivity index (χ1) is 7.59. The molecule has 0 aliphatic rings. The van der Waals surface area contributed by atoms with E-state index < -0.39 is 0 Å². The molecular weight excluding hydrogens is 192 g/mol. The topological polar surface area (TPSA) is 0 Å². The Bertz CT molecular complexity index is 555. The molecule has 0 unspecified atom stereocenters. The van der Waals surface area contributed by atoms with E-state index in [2.05, 4.69) is 64.1 Å². The highest BCUT2D eigenvalue weighted by Gasteiger charge is 2.04. The Hall–Kier alpha value is -1.56. The third-order valence-corrected chi connectivity index (χ3v) is 3.16. The number of benzene rings is 2. The molecule has 16 heavy (non-hydrogen) atoms. The molecule has 82 valence electrons. The van der Waals surface area contributed by atoms with Gasteiger partial charge in [0, 0.05) is 0 Å². The van der Waals surface area contributed by atoms with Gasteiger partial charge in [-0.05, 0) is 55.2 Å². The third kappa shape index (κ3) is 1.88. The molecule has 0 spiro atoms. The Balaban J connectivity index is 2.83. The Morgan fingerprint density at radius 3 is 2.31 bits per heavy atom. The predicted octanol–water partition coefficient (Wildman–Crippen LogP) is 4.96. The minimum absolute atomic E-state index is 1.33. The summed E-state index contributed by atoms with van der Waals surface area (Å²) in [6.07, 6.45) is 0. The highest BCUT2D eigenvalue weighted by molar-refractivity contribution is 5.94. The predicted molar refractivity (Wildman–Crippen MR) is 72.6 cm³/mol. The minimum atomic E-state index is 1.33. The van der Waals surface area contributed by atoms with Crippen LogP contribution in [0.25, 0.3) is 16.3 Å². The van der Waals surface area contributed by atoms with E-state index >= 15 is 0 Å². The second kappa shape index (κ2) is 4.13. The molecular formula is C16H18. The van der Waals surface area contributed by atoms with E-state index in [9.17, 15) is 0 Å². The van der Waals surface area contributed by atoms with Crippen LogP contribution in [-0.4, -0.2) is 0 Å². The molecule has 0 saturated carbocycles. The Labute approximate surface area is 97.6 Å². The van der Waals surface area contributed by atoms with Gasteiger partial charge >= 0.3 is 0 Å². The summed E-state index contributed by atoms with van der Waals surface area (Å²) in [4.78, 5) is 0. The van der Waals surface area contributed by atoms with Crippen LogP contribution in [0.2, 0.25) is 0 Å². The standard InChI is InChI=1S/C16H18/c1-11(2)13(4)16-10-12(3)9-14-7-5-6-8-15(14)16/h5-10H,1-4H3. The van der Waals surface area contributed by atoms with Crippen LogP contribution in [0.3, 0.4) is 0 Å². The number of allylic oxidation sites excluding steroid dienone is 2. The van der Waals surface area contributed by atoms with E-state index in [0.717, 1.165) is 0 Å². The molecule has 2 aromatic rings. The zero-order valence-electron chi connectivity index (χ0n) is 10.5. The van der Waals surface area contributed by atoms with Crippen molar-refractivity contribution in [3.8, 4) is 0 Å². The van der Waals surface area contributed by atoms with E-state index in [1.54, 1.807) is 0 Å². The van der Waals surface area contributed by atoms with Crippen LogP contribution in [0, 0.1) is 6.92 Å². The quantitative estimate of drug-likeness (QED) is 0.624. The highest BCUT2D eigenvalue weighted by atomic mass is 14.1. The fourth-order valence-corrected chi connectivity index (χ4v) is 2.04. The van der Waals surface area contributed by atoms with Gasteiger partial charge in [0.2, 0.25) is 0 Å². The molecule has 0 heteroatoms. The largest absolute Gasteiger partial charge is 0.0729 e. The van der Waals surface area contributed by atoms with Crippen molar-refractivity contribution in [1.82, 2.24) is 0 Å². The average molecular weight is 210 g/mol. The van der Waals surface area contributed by atoms with Crippen molar-refractivity contribution in [2.45, 2.75) is 27.7 Å². The van der Waals surface area contributed by atoms with Crippen molar-refractivity contribution < 1.29 is 0 Å². The molecule has 0 radical (unpaired) electrons. The van der Waals surface area contributed by atoms with Crippen LogP contribution in [0.5, 0.6) is 0 Å². The monoisotopic (exact) mass is 210 g/mol. The van der Waals surface area contributed by atoms with Gasteiger partial charge in [-0.1, -0.05) is 42.0 Å². The molecule has 0 fully saturated rings. The van der Waals surface area contributed by atoms with Crippen LogP contribution in [-0.2, 0) is 0 Å². The van der Waals surface area contributed by atoms with Crippen LogP contribution in [0.4, 0.5) is 0 Å². The zero-order valence-corrected chi connectivity index (χ0v) is 10.5. The normalized spacial score (nSPS) is 10.5. The summed E-state index contributed by atoms with van der Waals surface area (Å²) >= 11 is 0. The van der Waals surface area contributed by atoms with Crippen molar-refractivity contribution in [2.24, 2.45) is 0 Å². The van der Waals surface area contributed by atoms with Gasteiger partial charge in [-0.3, -0.25) is 0 Å². The van der Waals surface area contributed by atoms with E-state index in [4.69, 9.17) is 0 Å². The molecule has 0 nitrogen and oxygen atoms in total. The minimum Gasteiger partial charge on any atom is -0.0729 e. The summed E-state index contributed by atoms with van der Waals surface area (Å²) < 4.78 is 0. The maximum Gasteiger partial charge on any atom is -0.0109 e. The zero-order chi connectivity index (χ0) is 11.7. The molecule has 0 N–H and O–H groups in total. The molecule has 2 rings (SSSR count). The van der Waals surface area contributed by atoms with Gasteiger partial charge < -0.3 is 0 Å². The van der Waals surface area contributed by atoms with E-state index in [0.29, 0.717) is 0 Å². The third-order valence-electron chi connectivity index (χ3n) is 3.16. The Morgan fingerprint density at radius 2 is 1.62 bits per heavy atom. The number of fused-ring (bicyclic) bond motifs is 1. The molecule has 2 aromatic carbocycles. The lowest BCUT2D eigenvalue weighted by Crippen LogP contribution is -1.87. The van der Waals surface area contributed by atoms with Crippen molar-refractivity contribution >= 4 is 16.3 Å². The lowest BCUT2D eigenvalue weighted by Gasteiger charge is -2.10. The summed E-state index contributed by atoms with van der Waals surface area (Å²) in [5.41, 5.74) is 5.47. The van der Waals surface area contributed by atoms with Crippen molar-refractivity contribution in [1.29, 1.82) is 0 Å². The maximum absolute atomic E-state index is 2.28. The van der Waals surface area contributed by atoms with Gasteiger partial charge in [0.05, 0.1) is 0 Å². The lowest BCUT2D eigenvalue weighted by atomic mass is 9.95. The fraction of sp³-hybridized carbons (Fsp3) is 0.250. The molecule has 0 aliphatic heterocycles. The average Bonchev–Trinajstić information content (AvgIpc) is 2.26. The van der Waals surface area contributed by atoms with Gasteiger partial charge in [0.1, 0.15) is 0 Å². The SMILES string of the molecule is CC(C)=C(C)c1cc(C)cc2ccccc12. The van der Waals surface area contributed by atoms with Gasteiger partial charge in [-0.25, -0.2) is 0 Å². The first kappa shape index (κ1) is 10.9. The van der Waals surface area contributed by atoms with Gasteiger partial charge in [0.15, 0.2) is 0 Å². The molecule has 0 amide bonds. The second-order valence-electron chi connectivity index (χ2n) is 4.66. The van der Waals surface area contributed by atoms with Gasteiger partial charge in [-0.15, -0.1) is 0 Å². The van der Waals surface area contributed by atoms with Crippen LogP contribution < -0.4 is 0 Å². The maximum atomic E-state index is 2.28. The number of hydrogen-bond acceptors (Lipinski definition) is 0. The summed E-state index contributed by atoms with van der Waals surface area (Å²) in [6, 6.07) is 13.1. The number of rotatable bonds is 1. The highest BCUT2D eigenvalue weighted by Crippen LogP contribution is 2.28. The summed E-state index contributed by atoms with van der Waals surface area (Å²) in [6.45, 7) is 8.71. The van der Waals surface area contributed by atoms with Crippen molar-refractivity contribution in [2.75, 3.05) is 0 Å². The lowest BCUT2D eigenvalue weighted by molar-refractivity contribution is 1.36. The fourth-order valence-electron chi connectivity index (χ4n) is 2.04. The van der Waals surface area contributed by atoms with Gasteiger partial charge in [-0.2, -0.15) is 0 Å². The summed E-state index contributed by atoms with van der Waals surface area (Å²) in [5, 5.41) is 2.69. The molecule has 0 aromatic heterocycles. The van der Waals surface area contributed by atoms with Crippen LogP contribution in [0.1, 0.15) is 31.9 Å². The number of hydrogen-bond donors (Lipinski definition) is 0. The Kier molecular flexibility index (Phi) is 2.82. The van der Waals surface area contributed by atoms with Crippen LogP contribution in [0.15, 0.2) is 42.0 Å². The van der Waals surface area contributed by atoms with Gasteiger partial charge in [0.25, 0.3) is 0 Å². The number of aryl methyl sites for hydroxylation is 1. The summed E-state index contributed by atoms with van der Waals surface area (Å²) in [7, 11) is 0. The van der Waals surface area contributed by atoms with Crippen LogP contribution >= 0.6 is 0 Å². The molecule has 0 saturated heterocycles. The first-order valence-electron chi connectivity index (χ1n) is 5.73. The first-order valence-corrected chi connectivity index (χ1v) is 5.73. The van der Waals surface area contributed by atoms with Crippen molar-refractivity contribution in [3.63, 3.8) is 0 Å². The second-order valence-corrected chi connectivity index (χ2v) is 4.66. The van der Waals surface area contributed by atoms with Crippen molar-refractivity contribution in [3.05, 3.63) is 53.1 Å². The summed E-state index contributed by atoms with van der Waals surface area (Å²) in [5.74, 6) is 0.